The minimum Gasteiger partial charge on any atom is -0.374 e. The molecule has 4 aromatic rings. The Morgan fingerprint density at radius 3 is 1.32 bits per heavy atom. The van der Waals surface area contributed by atoms with Crippen LogP contribution in [0, 0.1) is 0 Å². The van der Waals surface area contributed by atoms with Gasteiger partial charge in [0.25, 0.3) is 0 Å². The molecule has 2 heterocycles. The van der Waals surface area contributed by atoms with E-state index in [0.29, 0.717) is 26.2 Å². The zero-order valence-electron chi connectivity index (χ0n) is 50.0. The van der Waals surface area contributed by atoms with Crippen LogP contribution in [0.15, 0.2) is 121 Å². The highest BCUT2D eigenvalue weighted by molar-refractivity contribution is 5.76. The molecule has 4 aromatic carbocycles. The van der Waals surface area contributed by atoms with Crippen molar-refractivity contribution in [1.29, 1.82) is 0 Å². The Hall–Kier alpha value is -3.97. The lowest BCUT2D eigenvalue weighted by Crippen LogP contribution is -2.62. The Morgan fingerprint density at radius 1 is 0.463 bits per heavy atom. The lowest BCUT2D eigenvalue weighted by molar-refractivity contribution is -0.329. The van der Waals surface area contributed by atoms with Gasteiger partial charge in [0.2, 0.25) is 5.91 Å². The molecule has 2 saturated heterocycles. The molecule has 1 amide bonds. The number of carbonyl (C=O) groups is 1. The number of ether oxygens (including phenoxy) is 8. The van der Waals surface area contributed by atoms with E-state index in [1.807, 2.05) is 86.6 Å². The highest BCUT2D eigenvalue weighted by Crippen LogP contribution is 2.35. The van der Waals surface area contributed by atoms with E-state index in [1.54, 1.807) is 0 Å². The third kappa shape index (κ3) is 25.7. The van der Waals surface area contributed by atoms with E-state index in [-0.39, 0.29) is 31.8 Å². The quantitative estimate of drug-likeness (QED) is 0.0434. The first-order valence-corrected chi connectivity index (χ1v) is 31.8. The molecule has 0 saturated carbocycles. The molecule has 2 aliphatic rings. The molecule has 0 aliphatic carbocycles. The summed E-state index contributed by atoms with van der Waals surface area (Å²) in [6, 6.07) is 40.0. The second-order valence-corrected chi connectivity index (χ2v) is 23.3. The molecule has 0 aromatic heterocycles. The van der Waals surface area contributed by atoms with Crippen LogP contribution in [0.4, 0.5) is 0 Å². The van der Waals surface area contributed by atoms with Crippen molar-refractivity contribution in [2.75, 3.05) is 13.2 Å². The second-order valence-electron chi connectivity index (χ2n) is 23.3. The Morgan fingerprint density at radius 2 is 0.863 bits per heavy atom. The summed E-state index contributed by atoms with van der Waals surface area (Å²) in [5.41, 5.74) is 4.10. The molecular formula is C70H105NO9. The van der Waals surface area contributed by atoms with Gasteiger partial charge in [-0.3, -0.25) is 4.79 Å². The summed E-state index contributed by atoms with van der Waals surface area (Å²) in [6.07, 6.45) is 28.0. The molecule has 0 bridgehead atoms. The van der Waals surface area contributed by atoms with Crippen molar-refractivity contribution < 1.29 is 42.7 Å². The first-order valence-electron chi connectivity index (χ1n) is 31.8. The predicted molar refractivity (Wildman–Crippen MR) is 323 cm³/mol. The van der Waals surface area contributed by atoms with E-state index in [1.165, 1.54) is 116 Å². The van der Waals surface area contributed by atoms with Crippen LogP contribution >= 0.6 is 0 Å². The maximum atomic E-state index is 14.1. The summed E-state index contributed by atoms with van der Waals surface area (Å²) in [4.78, 5) is 14.1. The Kier molecular flexibility index (Phi) is 32.2. The molecule has 2 aliphatic heterocycles. The van der Waals surface area contributed by atoms with Crippen molar-refractivity contribution in [3.8, 4) is 0 Å². The van der Waals surface area contributed by atoms with E-state index in [2.05, 4.69) is 67.7 Å². The first-order chi connectivity index (χ1) is 39.3. The second kappa shape index (κ2) is 39.5. The van der Waals surface area contributed by atoms with Crippen LogP contribution in [-0.4, -0.2) is 73.9 Å². The molecular weight excluding hydrogens is 999 g/mol. The van der Waals surface area contributed by atoms with Gasteiger partial charge in [0.15, 0.2) is 12.1 Å². The van der Waals surface area contributed by atoms with Crippen LogP contribution in [0.3, 0.4) is 0 Å². The molecule has 0 radical (unpaired) electrons. The maximum absolute atomic E-state index is 14.1. The molecule has 2 fully saturated rings. The SMILES string of the molecule is CCCCCCCCCCCCCCCCCCCCCCCC(=O)N[C@@H](CO[C@H]1O[C@H](COCc2ccccc2)[C@H](OCc2ccccc2)[C@H](OCc2ccccc2)[C@H]1OCc1ccccc1)[C@@H]1OC(C)(C)O[C@@H]1CCCCC. The fraction of sp³-hybridized carbons (Fsp3) is 0.643. The highest BCUT2D eigenvalue weighted by atomic mass is 16.8. The summed E-state index contributed by atoms with van der Waals surface area (Å²) >= 11 is 0. The van der Waals surface area contributed by atoms with Crippen molar-refractivity contribution in [2.45, 2.75) is 276 Å². The molecule has 10 nitrogen and oxygen atoms in total. The van der Waals surface area contributed by atoms with Gasteiger partial charge in [0.1, 0.15) is 30.5 Å². The summed E-state index contributed by atoms with van der Waals surface area (Å²) in [5.74, 6) is -0.843. The molecule has 0 unspecified atom stereocenters. The van der Waals surface area contributed by atoms with Crippen LogP contribution in [-0.2, 0) is 69.1 Å². The Balaban J connectivity index is 1.09. The molecule has 80 heavy (non-hydrogen) atoms. The first kappa shape index (κ1) is 65.2. The summed E-state index contributed by atoms with van der Waals surface area (Å²) < 4.78 is 54.9. The van der Waals surface area contributed by atoms with Crippen molar-refractivity contribution >= 4 is 5.91 Å². The highest BCUT2D eigenvalue weighted by Gasteiger charge is 2.51. The van der Waals surface area contributed by atoms with Crippen molar-refractivity contribution in [3.05, 3.63) is 144 Å². The van der Waals surface area contributed by atoms with Gasteiger partial charge >= 0.3 is 0 Å². The van der Waals surface area contributed by atoms with Gasteiger partial charge < -0.3 is 43.2 Å². The van der Waals surface area contributed by atoms with Gasteiger partial charge in [0, 0.05) is 6.42 Å². The number of benzene rings is 4. The van der Waals surface area contributed by atoms with Gasteiger partial charge in [-0.1, -0.05) is 283 Å². The maximum Gasteiger partial charge on any atom is 0.220 e. The third-order valence-electron chi connectivity index (χ3n) is 15.8. The van der Waals surface area contributed by atoms with Crippen molar-refractivity contribution in [2.24, 2.45) is 0 Å². The monoisotopic (exact) mass is 1100 g/mol. The standard InChI is InChI=1S/C70H105NO9/c1-5-7-9-10-11-12-13-14-15-16-17-18-19-20-21-22-23-24-25-26-40-50-64(72)71-61(65-62(49-31-8-6-2)79-70(3,4)80-65)55-77-69-68(76-54-60-47-38-30-39-48-60)67(75-53-59-45-36-29-37-46-59)66(74-52-58-43-34-28-35-44-58)63(78-69)56-73-51-57-41-32-27-33-42-57/h27-30,32-39,41-48,61-63,65-69H,5-26,31,40,49-56H2,1-4H3,(H,71,72)/t61-,62+,63+,65-,66-,67-,68+,69-/m0/s1. The molecule has 6 rings (SSSR count). The van der Waals surface area contributed by atoms with Gasteiger partial charge in [-0.15, -0.1) is 0 Å². The number of amides is 1. The van der Waals surface area contributed by atoms with Gasteiger partial charge in [-0.25, -0.2) is 0 Å². The van der Waals surface area contributed by atoms with E-state index in [4.69, 9.17) is 37.9 Å². The van der Waals surface area contributed by atoms with E-state index in [9.17, 15) is 4.79 Å². The van der Waals surface area contributed by atoms with Crippen LogP contribution < -0.4 is 5.32 Å². The van der Waals surface area contributed by atoms with Crippen molar-refractivity contribution in [1.82, 2.24) is 5.32 Å². The van der Waals surface area contributed by atoms with Crippen LogP contribution in [0.25, 0.3) is 0 Å². The van der Waals surface area contributed by atoms with E-state index < -0.39 is 48.6 Å². The van der Waals surface area contributed by atoms with Crippen LogP contribution in [0.5, 0.6) is 0 Å². The van der Waals surface area contributed by atoms with E-state index >= 15 is 0 Å². The summed E-state index contributed by atoms with van der Waals surface area (Å²) in [7, 11) is 0. The number of rotatable bonds is 44. The van der Waals surface area contributed by atoms with Gasteiger partial charge in [0.05, 0.1) is 51.8 Å². The van der Waals surface area contributed by atoms with Crippen LogP contribution in [0.2, 0.25) is 0 Å². The fourth-order valence-corrected chi connectivity index (χ4v) is 11.3. The lowest BCUT2D eigenvalue weighted by Gasteiger charge is -2.46. The van der Waals surface area contributed by atoms with Gasteiger partial charge in [-0.2, -0.15) is 0 Å². The molecule has 1 N–H and O–H groups in total. The number of hydrogen-bond acceptors (Lipinski definition) is 9. The Labute approximate surface area is 484 Å². The fourth-order valence-electron chi connectivity index (χ4n) is 11.3. The van der Waals surface area contributed by atoms with Gasteiger partial charge in [-0.05, 0) is 48.9 Å². The average molecular weight is 1100 g/mol. The number of carbonyl (C=O) groups excluding carboxylic acids is 1. The topological polar surface area (TPSA) is 103 Å². The minimum atomic E-state index is -0.941. The normalized spacial score (nSPS) is 21.2. The summed E-state index contributed by atoms with van der Waals surface area (Å²) in [6.45, 7) is 10.0. The molecule has 10 heteroatoms. The number of hydrogen-bond donors (Lipinski definition) is 1. The predicted octanol–water partition coefficient (Wildman–Crippen LogP) is 16.9. The lowest BCUT2D eigenvalue weighted by atomic mass is 9.97. The number of unbranched alkanes of at least 4 members (excludes halogenated alkanes) is 22. The minimum absolute atomic E-state index is 0.0101. The van der Waals surface area contributed by atoms with E-state index in [0.717, 1.165) is 67.2 Å². The van der Waals surface area contributed by atoms with Crippen LogP contribution in [0.1, 0.15) is 217 Å². The Bertz CT molecular complexity index is 2130. The number of nitrogens with one attached hydrogen (secondary N) is 1. The molecule has 0 spiro atoms. The van der Waals surface area contributed by atoms with Crippen molar-refractivity contribution in [3.63, 3.8) is 0 Å². The largest absolute Gasteiger partial charge is 0.374 e. The molecule has 444 valence electrons. The molecule has 8 atom stereocenters. The third-order valence-corrected chi connectivity index (χ3v) is 15.8. The zero-order chi connectivity index (χ0) is 56.1. The summed E-state index contributed by atoms with van der Waals surface area (Å²) in [5, 5.41) is 3.41. The zero-order valence-corrected chi connectivity index (χ0v) is 50.0. The average Bonchev–Trinajstić information content (AvgIpc) is 3.81. The smallest absolute Gasteiger partial charge is 0.220 e.